The average Bonchev–Trinajstić information content (AvgIpc) is 1.50. The number of amides is 1. The second-order valence-electron chi connectivity index (χ2n) is 29.2. The predicted molar refractivity (Wildman–Crippen MR) is 399 cm³/mol. The molecule has 15 nitrogen and oxygen atoms in total. The third-order valence-electron chi connectivity index (χ3n) is 21.2. The summed E-state index contributed by atoms with van der Waals surface area (Å²) in [4.78, 5) is 65.6. The molecule has 16 heteroatoms. The fraction of sp³-hybridized carbons (Fsp3) is 0.619. The maximum atomic E-state index is 13.6. The van der Waals surface area contributed by atoms with Gasteiger partial charge in [0, 0.05) is 56.1 Å². The number of ether oxygens (including phenoxy) is 4. The van der Waals surface area contributed by atoms with Crippen LogP contribution in [0.4, 0.5) is 4.39 Å². The number of para-hydroxylation sites is 1. The smallest absolute Gasteiger partial charge is 0.339 e. The maximum Gasteiger partial charge on any atom is 0.339 e. The lowest BCUT2D eigenvalue weighted by Gasteiger charge is -2.53. The number of allylic oxidation sites excluding steroid dienone is 3. The number of carboxylic acid groups (broad SMARTS) is 1. The highest BCUT2D eigenvalue weighted by Crippen LogP contribution is 2.61. The number of pyridine rings is 1. The molecule has 100 heavy (non-hydrogen) atoms. The van der Waals surface area contributed by atoms with Gasteiger partial charge in [0.15, 0.2) is 5.60 Å². The zero-order valence-electron chi connectivity index (χ0n) is 63.9. The summed E-state index contributed by atoms with van der Waals surface area (Å²) in [5.41, 5.74) is 3.25. The minimum atomic E-state index is -1.80. The number of aliphatic carboxylic acids is 1. The number of nitrogens with one attached hydrogen (secondary N) is 2. The number of hydrogen-bond donors (Lipinski definition) is 5. The zero-order valence-corrected chi connectivity index (χ0v) is 63.9. The number of carboxylic acids is 1. The molecule has 1 aromatic heterocycles. The molecular formula is C84H126FN3O12. The van der Waals surface area contributed by atoms with Crippen LogP contribution in [0.5, 0.6) is 5.75 Å². The number of halogens is 1. The minimum Gasteiger partial charge on any atom is -0.494 e. The van der Waals surface area contributed by atoms with Crippen LogP contribution in [-0.4, -0.2) is 106 Å². The molecule has 0 spiro atoms. The Morgan fingerprint density at radius 2 is 1.39 bits per heavy atom. The van der Waals surface area contributed by atoms with Crippen molar-refractivity contribution in [3.05, 3.63) is 155 Å². The lowest BCUT2D eigenvalue weighted by atomic mass is 9.49. The van der Waals surface area contributed by atoms with Gasteiger partial charge in [0.1, 0.15) is 29.9 Å². The third kappa shape index (κ3) is 22.6. The molecular weight excluding hydrogens is 1260 g/mol. The van der Waals surface area contributed by atoms with Crippen molar-refractivity contribution in [1.29, 1.82) is 0 Å². The summed E-state index contributed by atoms with van der Waals surface area (Å²) in [6, 6.07) is 23.3. The second-order valence-corrected chi connectivity index (χ2v) is 29.2. The highest BCUT2D eigenvalue weighted by atomic mass is 19.1. The topological polar surface area (TPSA) is 220 Å². The molecule has 5 aliphatic rings. The van der Waals surface area contributed by atoms with Crippen LogP contribution in [0.15, 0.2) is 116 Å². The lowest BCUT2D eigenvalue weighted by Crippen LogP contribution is -2.62. The van der Waals surface area contributed by atoms with Crippen LogP contribution in [-0.2, 0) is 46.9 Å². The second kappa shape index (κ2) is 41.4. The lowest BCUT2D eigenvalue weighted by molar-refractivity contribution is -0.219. The molecule has 14 unspecified atom stereocenters. The molecule has 4 aromatic rings. The molecule has 1 amide bonds. The number of aliphatic hydroxyl groups excluding tert-OH is 1. The van der Waals surface area contributed by atoms with Crippen LogP contribution in [0.2, 0.25) is 0 Å². The Hall–Kier alpha value is -6.75. The van der Waals surface area contributed by atoms with E-state index >= 15 is 0 Å². The number of hydrogen-bond acceptors (Lipinski definition) is 13. The standard InChI is InChI=1S/C30H39NO8.C22H32O2.C9H10FNO.C9H20.C8H10O.C6H15N/c1-15(2)21-11-10-16(3)22-23(21)29(7,36)28(35)30(39-19(6)33)13-17(4)25(37-18(5)32)24(30)26(22)38-27(34)20-9-8-12-31-14-20;1-6-15-13-18-16(12-17(15)14(2)3)8-9-19-21(18,4)10-7-11-22(19,5)20(23)24;1-2-11-9(12)7-3-5-8(10)6-4-7;1-3-5-7-9-8-6-4-2;1-2-9-8-6-4-3-5-7-8;1-3-5-6-7-4-2/h8-12,14,16-17,21-26,28,35-36H,1,13H2,2-7H3;12-14,19H,6-11H2,1-5H3,(H,23,24);3-6H,2H2,1H3,(H,11,12);3-9H2,1-2H3;3-7H,2H2,1H3;7H,3-6H2,1-2H3. The molecule has 3 saturated carbocycles. The monoisotopic (exact) mass is 1390 g/mol. The van der Waals surface area contributed by atoms with Crippen molar-refractivity contribution in [1.82, 2.24) is 15.6 Å². The van der Waals surface area contributed by atoms with E-state index in [0.29, 0.717) is 18.0 Å². The van der Waals surface area contributed by atoms with Crippen LogP contribution >= 0.6 is 0 Å². The number of aliphatic hydroxyl groups is 2. The van der Waals surface area contributed by atoms with Gasteiger partial charge in [-0.15, -0.1) is 0 Å². The van der Waals surface area contributed by atoms with E-state index in [4.69, 9.17) is 18.9 Å². The third-order valence-corrected chi connectivity index (χ3v) is 21.2. The summed E-state index contributed by atoms with van der Waals surface area (Å²) in [5, 5.41) is 40.1. The van der Waals surface area contributed by atoms with Crippen molar-refractivity contribution in [2.24, 2.45) is 46.8 Å². The van der Waals surface area contributed by atoms with Crippen LogP contribution in [0.3, 0.4) is 0 Å². The van der Waals surface area contributed by atoms with E-state index in [0.717, 1.165) is 63.0 Å². The number of esters is 3. The van der Waals surface area contributed by atoms with Crippen LogP contribution in [0, 0.1) is 52.7 Å². The Labute approximate surface area is 600 Å². The Morgan fingerprint density at radius 3 is 1.92 bits per heavy atom. The fourth-order valence-electron chi connectivity index (χ4n) is 16.3. The number of nitrogens with zero attached hydrogens (tertiary/aromatic N) is 1. The number of aromatic nitrogens is 1. The van der Waals surface area contributed by atoms with Gasteiger partial charge in [-0.1, -0.05) is 182 Å². The largest absolute Gasteiger partial charge is 0.494 e. The van der Waals surface area contributed by atoms with Gasteiger partial charge in [0.2, 0.25) is 0 Å². The fourth-order valence-corrected chi connectivity index (χ4v) is 16.3. The van der Waals surface area contributed by atoms with Crippen molar-refractivity contribution in [3.8, 4) is 5.75 Å². The molecule has 0 bridgehead atoms. The first kappa shape index (κ1) is 85.7. The number of carbonyl (C=O) groups is 5. The van der Waals surface area contributed by atoms with Gasteiger partial charge >= 0.3 is 23.9 Å². The first-order valence-corrected chi connectivity index (χ1v) is 37.5. The SMILES string of the molecule is C=C(C)C1C=CC(C)C2C(OC(=O)c3cccnc3)C3C(OC(C)=O)C(C)CC3(OC(C)=O)C(O)C(C)(O)C12.CCCCCCCCC.CCCCNCC.CCNC(=O)c1ccc(F)cc1.CCOc1ccccc1.CCc1cc2c(cc1C(C)C)CCC1C(C)(C(=O)O)CCCC21C. The van der Waals surface area contributed by atoms with Gasteiger partial charge < -0.3 is 44.9 Å². The number of fused-ring (bicyclic) bond motifs is 5. The first-order chi connectivity index (χ1) is 47.5. The highest BCUT2D eigenvalue weighted by Gasteiger charge is 2.73. The number of rotatable bonds is 22. The average molecular weight is 1390 g/mol. The molecule has 5 N–H and O–H groups in total. The molecule has 3 aromatic carbocycles. The van der Waals surface area contributed by atoms with Crippen molar-refractivity contribution >= 4 is 29.8 Å². The van der Waals surface area contributed by atoms with Crippen LogP contribution in [0.25, 0.3) is 0 Å². The Balaban J connectivity index is 0.000000292. The van der Waals surface area contributed by atoms with Gasteiger partial charge in [-0.3, -0.25) is 24.2 Å². The molecule has 5 aliphatic carbocycles. The summed E-state index contributed by atoms with van der Waals surface area (Å²) in [6.45, 7) is 41.2. The summed E-state index contributed by atoms with van der Waals surface area (Å²) in [6.07, 6.45) is 22.2. The van der Waals surface area contributed by atoms with Crippen molar-refractivity contribution in [3.63, 3.8) is 0 Å². The summed E-state index contributed by atoms with van der Waals surface area (Å²) in [5.74, 6) is -4.39. The van der Waals surface area contributed by atoms with E-state index in [2.05, 4.69) is 89.7 Å². The Bertz CT molecular complexity index is 3180. The number of unbranched alkanes of at least 4 members (excludes halogenated alkanes) is 7. The van der Waals surface area contributed by atoms with Gasteiger partial charge in [-0.05, 0) is 193 Å². The number of aryl methyl sites for hydroxylation is 2. The summed E-state index contributed by atoms with van der Waals surface area (Å²) in [7, 11) is 0. The highest BCUT2D eigenvalue weighted by molar-refractivity contribution is 5.94. The molecule has 9 rings (SSSR count). The van der Waals surface area contributed by atoms with Crippen molar-refractivity contribution < 1.29 is 62.6 Å². The van der Waals surface area contributed by atoms with Gasteiger partial charge in [-0.25, -0.2) is 9.18 Å². The molecule has 0 saturated heterocycles. The van der Waals surface area contributed by atoms with Crippen LogP contribution < -0.4 is 15.4 Å². The van der Waals surface area contributed by atoms with Gasteiger partial charge in [0.25, 0.3) is 5.91 Å². The van der Waals surface area contributed by atoms with Gasteiger partial charge in [-0.2, -0.15) is 0 Å². The first-order valence-electron chi connectivity index (χ1n) is 37.5. The van der Waals surface area contributed by atoms with E-state index in [1.165, 1.54) is 138 Å². The number of benzene rings is 3. The van der Waals surface area contributed by atoms with E-state index in [-0.39, 0.29) is 52.8 Å². The van der Waals surface area contributed by atoms with Crippen molar-refractivity contribution in [2.75, 3.05) is 26.2 Å². The van der Waals surface area contributed by atoms with Gasteiger partial charge in [0.05, 0.1) is 29.1 Å². The predicted octanol–water partition coefficient (Wildman–Crippen LogP) is 17.5. The molecule has 0 radical (unpaired) electrons. The molecule has 1 heterocycles. The minimum absolute atomic E-state index is 0.0123. The summed E-state index contributed by atoms with van der Waals surface area (Å²) >= 11 is 0. The Morgan fingerprint density at radius 1 is 0.750 bits per heavy atom. The van der Waals surface area contributed by atoms with E-state index in [1.54, 1.807) is 18.3 Å². The van der Waals surface area contributed by atoms with Crippen molar-refractivity contribution in [2.45, 2.75) is 261 Å². The maximum absolute atomic E-state index is 13.6. The summed E-state index contributed by atoms with van der Waals surface area (Å²) < 4.78 is 35.7. The van der Waals surface area contributed by atoms with E-state index in [9.17, 15) is 43.7 Å². The van der Waals surface area contributed by atoms with E-state index < -0.39 is 76.6 Å². The normalized spacial score (nSPS) is 27.2. The quantitative estimate of drug-likeness (QED) is 0.0214. The van der Waals surface area contributed by atoms with E-state index in [1.807, 2.05) is 84.0 Å². The number of carbonyl (C=O) groups excluding carboxylic acids is 4. The molecule has 3 fully saturated rings. The molecule has 14 atom stereocenters. The molecule has 556 valence electrons. The van der Waals surface area contributed by atoms with Crippen LogP contribution in [0.1, 0.15) is 256 Å². The molecule has 0 aliphatic heterocycles. The Kier molecular flexibility index (Phi) is 35.4. The zero-order chi connectivity index (χ0) is 74.5.